The highest BCUT2D eigenvalue weighted by Crippen LogP contribution is 1.85. The third-order valence-corrected chi connectivity index (χ3v) is 1.21. The first kappa shape index (κ1) is 10.6. The molecule has 1 unspecified atom stereocenters. The molecule has 2 amide bonds. The molecule has 0 aliphatic carbocycles. The van der Waals surface area contributed by atoms with Crippen molar-refractivity contribution in [3.05, 3.63) is 0 Å². The maximum Gasteiger partial charge on any atom is 0.239 e. The molecule has 0 aromatic carbocycles. The summed E-state index contributed by atoms with van der Waals surface area (Å²) in [4.78, 5) is 31.7. The third kappa shape index (κ3) is 4.43. The van der Waals surface area contributed by atoms with Gasteiger partial charge in [0.2, 0.25) is 11.8 Å². The second-order valence-corrected chi connectivity index (χ2v) is 2.57. The van der Waals surface area contributed by atoms with Gasteiger partial charge in [0, 0.05) is 0 Å². The maximum atomic E-state index is 10.8. The van der Waals surface area contributed by atoms with Gasteiger partial charge < -0.3 is 11.1 Å². The molecule has 5 heteroatoms. The van der Waals surface area contributed by atoms with Gasteiger partial charge in [-0.05, 0) is 13.8 Å². The SMILES string of the molecule is CC(=O)CC(=O)NC(C)C(N)=O. The molecule has 0 radical (unpaired) electrons. The fraction of sp³-hybridized carbons (Fsp3) is 0.571. The Bertz CT molecular complexity index is 213. The molecular formula is C7H12N2O3. The van der Waals surface area contributed by atoms with Crippen molar-refractivity contribution in [2.24, 2.45) is 5.73 Å². The van der Waals surface area contributed by atoms with Crippen LogP contribution in [0.2, 0.25) is 0 Å². The summed E-state index contributed by atoms with van der Waals surface area (Å²) in [5, 5.41) is 2.28. The monoisotopic (exact) mass is 172 g/mol. The number of amides is 2. The minimum Gasteiger partial charge on any atom is -0.368 e. The molecule has 0 rings (SSSR count). The number of hydrogen-bond donors (Lipinski definition) is 2. The Morgan fingerprint density at radius 2 is 1.92 bits per heavy atom. The van der Waals surface area contributed by atoms with Gasteiger partial charge >= 0.3 is 0 Å². The van der Waals surface area contributed by atoms with Crippen molar-refractivity contribution in [1.82, 2.24) is 5.32 Å². The summed E-state index contributed by atoms with van der Waals surface area (Å²) in [7, 11) is 0. The Hall–Kier alpha value is -1.39. The Morgan fingerprint density at radius 1 is 1.42 bits per heavy atom. The average Bonchev–Trinajstić information content (AvgIpc) is 1.84. The van der Waals surface area contributed by atoms with Crippen LogP contribution in [0.4, 0.5) is 0 Å². The van der Waals surface area contributed by atoms with Crippen LogP contribution in [0, 0.1) is 0 Å². The highest BCUT2D eigenvalue weighted by atomic mass is 16.2. The van der Waals surface area contributed by atoms with Crippen LogP contribution in [0.15, 0.2) is 0 Å². The Balaban J connectivity index is 3.85. The van der Waals surface area contributed by atoms with Crippen molar-refractivity contribution < 1.29 is 14.4 Å². The first-order valence-electron chi connectivity index (χ1n) is 3.51. The van der Waals surface area contributed by atoms with Crippen LogP contribution in [0.25, 0.3) is 0 Å². The van der Waals surface area contributed by atoms with Crippen molar-refractivity contribution in [3.63, 3.8) is 0 Å². The second-order valence-electron chi connectivity index (χ2n) is 2.57. The summed E-state index contributed by atoms with van der Waals surface area (Å²) in [5.74, 6) is -1.34. The first-order chi connectivity index (χ1) is 5.43. The highest BCUT2D eigenvalue weighted by molar-refractivity contribution is 5.98. The van der Waals surface area contributed by atoms with Crippen molar-refractivity contribution >= 4 is 17.6 Å². The van der Waals surface area contributed by atoms with E-state index in [9.17, 15) is 14.4 Å². The summed E-state index contributed by atoms with van der Waals surface area (Å²) in [6.45, 7) is 2.76. The van der Waals surface area contributed by atoms with E-state index in [1.165, 1.54) is 13.8 Å². The predicted octanol–water partition coefficient (Wildman–Crippen LogP) is -1.04. The molecule has 0 saturated carbocycles. The summed E-state index contributed by atoms with van der Waals surface area (Å²) < 4.78 is 0. The molecule has 0 fully saturated rings. The minimum absolute atomic E-state index is 0.211. The van der Waals surface area contributed by atoms with Crippen molar-refractivity contribution in [2.45, 2.75) is 26.3 Å². The van der Waals surface area contributed by atoms with Crippen LogP contribution in [-0.4, -0.2) is 23.6 Å². The predicted molar refractivity (Wildman–Crippen MR) is 42.1 cm³/mol. The van der Waals surface area contributed by atoms with E-state index in [1.807, 2.05) is 0 Å². The fourth-order valence-electron chi connectivity index (χ4n) is 0.590. The summed E-state index contributed by atoms with van der Waals surface area (Å²) in [6, 6.07) is -0.725. The summed E-state index contributed by atoms with van der Waals surface area (Å²) in [6.07, 6.45) is -0.211. The van der Waals surface area contributed by atoms with Crippen LogP contribution in [0.5, 0.6) is 0 Å². The number of nitrogens with one attached hydrogen (secondary N) is 1. The van der Waals surface area contributed by atoms with Crippen molar-refractivity contribution in [1.29, 1.82) is 0 Å². The lowest BCUT2D eigenvalue weighted by Crippen LogP contribution is -2.42. The zero-order chi connectivity index (χ0) is 9.72. The Morgan fingerprint density at radius 3 is 2.25 bits per heavy atom. The first-order valence-corrected chi connectivity index (χ1v) is 3.51. The van der Waals surface area contributed by atoms with Crippen molar-refractivity contribution in [3.8, 4) is 0 Å². The molecule has 0 aromatic heterocycles. The van der Waals surface area contributed by atoms with E-state index in [1.54, 1.807) is 0 Å². The number of ketones is 1. The van der Waals surface area contributed by atoms with Crippen LogP contribution in [0.1, 0.15) is 20.3 Å². The van der Waals surface area contributed by atoms with Crippen LogP contribution >= 0.6 is 0 Å². The van der Waals surface area contributed by atoms with Gasteiger partial charge in [-0.25, -0.2) is 0 Å². The third-order valence-electron chi connectivity index (χ3n) is 1.21. The zero-order valence-corrected chi connectivity index (χ0v) is 7.09. The lowest BCUT2D eigenvalue weighted by molar-refractivity contribution is -0.130. The van der Waals surface area contributed by atoms with Crippen LogP contribution in [0.3, 0.4) is 0 Å². The van der Waals surface area contributed by atoms with E-state index in [2.05, 4.69) is 5.32 Å². The van der Waals surface area contributed by atoms with E-state index in [4.69, 9.17) is 5.73 Å². The van der Waals surface area contributed by atoms with Gasteiger partial charge in [0.15, 0.2) is 0 Å². The Labute approximate surface area is 70.3 Å². The second kappa shape index (κ2) is 4.48. The van der Waals surface area contributed by atoms with Gasteiger partial charge in [-0.1, -0.05) is 0 Å². The van der Waals surface area contributed by atoms with E-state index >= 15 is 0 Å². The number of hydrogen-bond acceptors (Lipinski definition) is 3. The molecule has 68 valence electrons. The van der Waals surface area contributed by atoms with E-state index in [0.717, 1.165) is 0 Å². The molecule has 3 N–H and O–H groups in total. The molecule has 1 atom stereocenters. The van der Waals surface area contributed by atoms with E-state index < -0.39 is 17.9 Å². The number of rotatable bonds is 4. The van der Waals surface area contributed by atoms with Crippen LogP contribution < -0.4 is 11.1 Å². The molecule has 0 bridgehead atoms. The van der Waals surface area contributed by atoms with E-state index in [-0.39, 0.29) is 12.2 Å². The number of Topliss-reactive ketones (excluding diaryl/α,β-unsaturated/α-hetero) is 1. The van der Waals surface area contributed by atoms with Gasteiger partial charge in [-0.3, -0.25) is 14.4 Å². The lowest BCUT2D eigenvalue weighted by atomic mass is 10.2. The van der Waals surface area contributed by atoms with Crippen LogP contribution in [-0.2, 0) is 14.4 Å². The van der Waals surface area contributed by atoms with Crippen molar-refractivity contribution in [2.75, 3.05) is 0 Å². The topological polar surface area (TPSA) is 89.3 Å². The van der Waals surface area contributed by atoms with Gasteiger partial charge in [-0.2, -0.15) is 0 Å². The standard InChI is InChI=1S/C7H12N2O3/c1-4(10)3-6(11)9-5(2)7(8)12/h5H,3H2,1-2H3,(H2,8,12)(H,9,11). The zero-order valence-electron chi connectivity index (χ0n) is 7.09. The molecule has 0 heterocycles. The number of carbonyl (C=O) groups excluding carboxylic acids is 3. The maximum absolute atomic E-state index is 10.8. The average molecular weight is 172 g/mol. The smallest absolute Gasteiger partial charge is 0.239 e. The molecule has 12 heavy (non-hydrogen) atoms. The molecule has 0 spiro atoms. The van der Waals surface area contributed by atoms with Gasteiger partial charge in [0.05, 0.1) is 6.42 Å². The fourth-order valence-corrected chi connectivity index (χ4v) is 0.590. The lowest BCUT2D eigenvalue weighted by Gasteiger charge is -2.08. The largest absolute Gasteiger partial charge is 0.368 e. The molecule has 0 aliphatic rings. The number of carbonyl (C=O) groups is 3. The summed E-state index contributed by atoms with van der Waals surface area (Å²) in [5.41, 5.74) is 4.88. The van der Waals surface area contributed by atoms with Gasteiger partial charge in [0.25, 0.3) is 0 Å². The summed E-state index contributed by atoms with van der Waals surface area (Å²) >= 11 is 0. The minimum atomic E-state index is -0.725. The molecule has 0 aliphatic heterocycles. The number of primary amides is 1. The van der Waals surface area contributed by atoms with Gasteiger partial charge in [-0.15, -0.1) is 0 Å². The Kier molecular flexibility index (Phi) is 3.96. The normalized spacial score (nSPS) is 11.8. The molecule has 0 saturated heterocycles. The van der Waals surface area contributed by atoms with Gasteiger partial charge in [0.1, 0.15) is 11.8 Å². The highest BCUT2D eigenvalue weighted by Gasteiger charge is 2.12. The number of nitrogens with two attached hydrogens (primary N) is 1. The molecule has 0 aromatic rings. The quantitative estimate of drug-likeness (QED) is 0.530. The molecular weight excluding hydrogens is 160 g/mol. The van der Waals surface area contributed by atoms with E-state index in [0.29, 0.717) is 0 Å². The molecule has 5 nitrogen and oxygen atoms in total.